The van der Waals surface area contributed by atoms with Crippen LogP contribution in [0.3, 0.4) is 0 Å². The molecule has 0 bridgehead atoms. The van der Waals surface area contributed by atoms with Gasteiger partial charge in [0.15, 0.2) is 11.8 Å². The van der Waals surface area contributed by atoms with Crippen molar-refractivity contribution in [2.24, 2.45) is 11.7 Å². The van der Waals surface area contributed by atoms with E-state index in [0.29, 0.717) is 28.8 Å². The van der Waals surface area contributed by atoms with Crippen molar-refractivity contribution < 1.29 is 26.1 Å². The van der Waals surface area contributed by atoms with E-state index in [0.717, 1.165) is 18.7 Å². The lowest BCUT2D eigenvalue weighted by Gasteiger charge is -2.35. The van der Waals surface area contributed by atoms with Gasteiger partial charge in [0.1, 0.15) is 17.9 Å². The Hall–Kier alpha value is -2.95. The molecule has 0 amide bonds. The summed E-state index contributed by atoms with van der Waals surface area (Å²) in [6.45, 7) is 5.46. The molecule has 0 saturated carbocycles. The molecule has 0 spiro atoms. The molecule has 3 aromatic rings. The molecule has 8 nitrogen and oxygen atoms in total. The third-order valence-corrected chi connectivity index (χ3v) is 6.44. The van der Waals surface area contributed by atoms with E-state index in [1.54, 1.807) is 30.3 Å². The van der Waals surface area contributed by atoms with Crippen LogP contribution in [0, 0.1) is 12.8 Å². The number of oxazole rings is 1. The van der Waals surface area contributed by atoms with Gasteiger partial charge in [-0.15, -0.1) is 0 Å². The minimum Gasteiger partial charge on any atom is -0.489 e. The zero-order valence-corrected chi connectivity index (χ0v) is 18.5. The second-order valence-electron chi connectivity index (χ2n) is 7.89. The topological polar surface area (TPSA) is 108 Å². The minimum atomic E-state index is -4.17. The highest BCUT2D eigenvalue weighted by Crippen LogP contribution is 2.29. The lowest BCUT2D eigenvalue weighted by molar-refractivity contribution is 0.225. The van der Waals surface area contributed by atoms with Crippen LogP contribution < -0.4 is 15.4 Å². The molecule has 2 aromatic carbocycles. The van der Waals surface area contributed by atoms with Gasteiger partial charge in [0.05, 0.1) is 11.2 Å². The maximum absolute atomic E-state index is 13.4. The predicted molar refractivity (Wildman–Crippen MR) is 117 cm³/mol. The first-order valence-electron chi connectivity index (χ1n) is 10.1. The number of fused-ring (bicyclic) bond motifs is 1. The zero-order valence-electron chi connectivity index (χ0n) is 17.7. The fraction of sp³-hybridized carbons (Fsp3) is 0.318. The molecule has 170 valence electrons. The molecule has 32 heavy (non-hydrogen) atoms. The second-order valence-corrected chi connectivity index (χ2v) is 9.46. The molecule has 1 fully saturated rings. The van der Waals surface area contributed by atoms with Gasteiger partial charge in [-0.2, -0.15) is 13.4 Å². The molecule has 2 N–H and O–H groups in total. The van der Waals surface area contributed by atoms with Crippen molar-refractivity contribution in [1.29, 1.82) is 0 Å². The summed E-state index contributed by atoms with van der Waals surface area (Å²) >= 11 is 0. The maximum atomic E-state index is 13.4. The fourth-order valence-electron chi connectivity index (χ4n) is 3.27. The van der Waals surface area contributed by atoms with E-state index in [1.807, 2.05) is 11.8 Å². The van der Waals surface area contributed by atoms with Crippen molar-refractivity contribution in [3.8, 4) is 5.75 Å². The summed E-state index contributed by atoms with van der Waals surface area (Å²) in [5.74, 6) is 1.00. The van der Waals surface area contributed by atoms with E-state index < -0.39 is 16.3 Å². The van der Waals surface area contributed by atoms with Crippen LogP contribution in [0.15, 0.2) is 63.7 Å². The van der Waals surface area contributed by atoms with Gasteiger partial charge in [-0.25, -0.2) is 8.57 Å². The lowest BCUT2D eigenvalue weighted by Crippen LogP contribution is -2.45. The van der Waals surface area contributed by atoms with Crippen molar-refractivity contribution in [3.05, 3.63) is 59.9 Å². The SMILES string of the molecule is Cc1ccc(S(=O)(=O)OC(N)/C(=C/F)COc2ccc3nc(N4CC(C)C4)oc3c2)cc1. The standard InChI is InChI=1S/C22H24FN3O5S/c1-14-3-6-18(7-4-14)32(27,28)31-21(24)16(10-23)13-29-17-5-8-19-20(9-17)30-22(25-19)26-11-15(2)12-26/h3-10,15,21H,11-13,24H2,1-2H3/b16-10+. The van der Waals surface area contributed by atoms with E-state index in [9.17, 15) is 12.8 Å². The highest BCUT2D eigenvalue weighted by atomic mass is 32.2. The molecular formula is C22H24FN3O5S. The van der Waals surface area contributed by atoms with Crippen molar-refractivity contribution in [1.82, 2.24) is 4.98 Å². The smallest absolute Gasteiger partial charge is 0.298 e. The molecule has 1 unspecified atom stereocenters. The molecule has 4 rings (SSSR count). The van der Waals surface area contributed by atoms with E-state index in [2.05, 4.69) is 11.9 Å². The first kappa shape index (κ1) is 22.3. The van der Waals surface area contributed by atoms with Crippen LogP contribution in [0.25, 0.3) is 11.1 Å². The Bertz CT molecular complexity index is 1230. The molecule has 0 radical (unpaired) electrons. The number of anilines is 1. The molecule has 2 heterocycles. The number of nitrogens with zero attached hydrogens (tertiary/aromatic N) is 2. The minimum absolute atomic E-state index is 0.0687. The van der Waals surface area contributed by atoms with E-state index >= 15 is 0 Å². The van der Waals surface area contributed by atoms with E-state index in [1.165, 1.54) is 12.1 Å². The molecule has 1 aliphatic heterocycles. The molecule has 1 atom stereocenters. The second kappa shape index (κ2) is 8.89. The maximum Gasteiger partial charge on any atom is 0.298 e. The Labute approximate surface area is 185 Å². The van der Waals surface area contributed by atoms with Crippen LogP contribution in [0.4, 0.5) is 10.4 Å². The summed E-state index contributed by atoms with van der Waals surface area (Å²) in [4.78, 5) is 6.42. The van der Waals surface area contributed by atoms with Crippen LogP contribution in [-0.4, -0.2) is 39.3 Å². The monoisotopic (exact) mass is 461 g/mol. The summed E-state index contributed by atoms with van der Waals surface area (Å²) < 4.78 is 54.5. The summed E-state index contributed by atoms with van der Waals surface area (Å²) in [6, 6.07) is 11.6. The van der Waals surface area contributed by atoms with Gasteiger partial charge in [0, 0.05) is 24.7 Å². The molecule has 1 aliphatic rings. The number of hydrogen-bond acceptors (Lipinski definition) is 8. The van der Waals surface area contributed by atoms with Gasteiger partial charge in [-0.05, 0) is 37.1 Å². The number of benzene rings is 2. The highest BCUT2D eigenvalue weighted by molar-refractivity contribution is 7.86. The molecule has 0 aliphatic carbocycles. The summed E-state index contributed by atoms with van der Waals surface area (Å²) in [6.07, 6.45) is -1.36. The molecular weight excluding hydrogens is 437 g/mol. The van der Waals surface area contributed by atoms with Crippen molar-refractivity contribution in [3.63, 3.8) is 0 Å². The first-order valence-corrected chi connectivity index (χ1v) is 11.5. The van der Waals surface area contributed by atoms with Gasteiger partial charge in [0.25, 0.3) is 16.1 Å². The summed E-state index contributed by atoms with van der Waals surface area (Å²) in [5, 5.41) is 0. The Balaban J connectivity index is 1.40. The average Bonchev–Trinajstić information content (AvgIpc) is 3.14. The number of rotatable bonds is 8. The Kier molecular flexibility index (Phi) is 6.18. The van der Waals surface area contributed by atoms with Crippen LogP contribution in [0.5, 0.6) is 5.75 Å². The van der Waals surface area contributed by atoms with E-state index in [4.69, 9.17) is 19.1 Å². The number of halogens is 1. The first-order chi connectivity index (χ1) is 15.2. The quantitative estimate of drug-likeness (QED) is 0.401. The Morgan fingerprint density at radius 3 is 2.69 bits per heavy atom. The zero-order chi connectivity index (χ0) is 22.9. The van der Waals surface area contributed by atoms with Crippen molar-refractivity contribution >= 4 is 27.2 Å². The number of aryl methyl sites for hydroxylation is 1. The normalized spacial score (nSPS) is 16.2. The number of ether oxygens (including phenoxy) is 1. The summed E-state index contributed by atoms with van der Waals surface area (Å²) in [5.41, 5.74) is 7.71. The molecule has 1 aromatic heterocycles. The lowest BCUT2D eigenvalue weighted by atomic mass is 10.0. The largest absolute Gasteiger partial charge is 0.489 e. The van der Waals surface area contributed by atoms with Gasteiger partial charge in [0.2, 0.25) is 0 Å². The van der Waals surface area contributed by atoms with Crippen LogP contribution in [0.2, 0.25) is 0 Å². The van der Waals surface area contributed by atoms with Crippen LogP contribution in [0.1, 0.15) is 12.5 Å². The van der Waals surface area contributed by atoms with Gasteiger partial charge in [-0.3, -0.25) is 0 Å². The van der Waals surface area contributed by atoms with Gasteiger partial charge >= 0.3 is 0 Å². The average molecular weight is 462 g/mol. The third kappa shape index (κ3) is 4.77. The Morgan fingerprint density at radius 1 is 1.31 bits per heavy atom. The Morgan fingerprint density at radius 2 is 2.03 bits per heavy atom. The molecule has 1 saturated heterocycles. The van der Waals surface area contributed by atoms with Crippen molar-refractivity contribution in [2.75, 3.05) is 24.6 Å². The molecule has 10 heteroatoms. The third-order valence-electron chi connectivity index (χ3n) is 5.13. The highest BCUT2D eigenvalue weighted by Gasteiger charge is 2.27. The van der Waals surface area contributed by atoms with Crippen molar-refractivity contribution in [2.45, 2.75) is 25.0 Å². The van der Waals surface area contributed by atoms with Crippen LogP contribution >= 0.6 is 0 Å². The fourth-order valence-corrected chi connectivity index (χ4v) is 4.25. The number of aromatic nitrogens is 1. The predicted octanol–water partition coefficient (Wildman–Crippen LogP) is 3.51. The summed E-state index contributed by atoms with van der Waals surface area (Å²) in [7, 11) is -4.17. The van der Waals surface area contributed by atoms with Crippen LogP contribution in [-0.2, 0) is 14.3 Å². The van der Waals surface area contributed by atoms with E-state index in [-0.39, 0.29) is 23.4 Å². The van der Waals surface area contributed by atoms with Gasteiger partial charge < -0.3 is 19.8 Å². The number of hydrogen-bond donors (Lipinski definition) is 1. The number of nitrogens with two attached hydrogens (primary N) is 1. The van der Waals surface area contributed by atoms with Gasteiger partial charge in [-0.1, -0.05) is 24.6 Å².